The van der Waals surface area contributed by atoms with Crippen LogP contribution in [0.3, 0.4) is 0 Å². The zero-order valence-electron chi connectivity index (χ0n) is 15.2. The van der Waals surface area contributed by atoms with Crippen LogP contribution in [0.4, 0.5) is 10.1 Å². The molecule has 1 atom stereocenters. The summed E-state index contributed by atoms with van der Waals surface area (Å²) in [6.45, 7) is 0.0330. The maximum absolute atomic E-state index is 13.3. The molecule has 1 aliphatic heterocycles. The van der Waals surface area contributed by atoms with Crippen LogP contribution in [-0.2, 0) is 14.8 Å². The van der Waals surface area contributed by atoms with Gasteiger partial charge in [0.05, 0.1) is 17.8 Å². The number of aromatic nitrogens is 1. The van der Waals surface area contributed by atoms with Crippen LogP contribution in [0.1, 0.15) is 17.4 Å². The molecule has 2 aromatic carbocycles. The fourth-order valence-electron chi connectivity index (χ4n) is 2.96. The number of halogens is 2. The van der Waals surface area contributed by atoms with E-state index in [0.29, 0.717) is 11.5 Å². The number of hydrogen-bond donors (Lipinski definition) is 2. The Morgan fingerprint density at radius 3 is 2.70 bits per heavy atom. The van der Waals surface area contributed by atoms with Gasteiger partial charge in [0.1, 0.15) is 17.0 Å². The minimum Gasteiger partial charge on any atom is -0.448 e. The number of amides is 1. The number of oxazole rings is 1. The zero-order chi connectivity index (χ0) is 21.3. The van der Waals surface area contributed by atoms with Crippen LogP contribution in [0, 0.1) is 9.39 Å². The van der Waals surface area contributed by atoms with Crippen molar-refractivity contribution in [2.24, 2.45) is 4.40 Å². The number of anilines is 1. The molecule has 3 aromatic rings. The third-order valence-corrected chi connectivity index (χ3v) is 6.38. The van der Waals surface area contributed by atoms with Gasteiger partial charge in [-0.15, -0.1) is 4.40 Å². The molecule has 0 radical (unpaired) electrons. The van der Waals surface area contributed by atoms with E-state index in [1.165, 1.54) is 30.7 Å². The third-order valence-electron chi connectivity index (χ3n) is 4.39. The third kappa shape index (κ3) is 4.21. The second-order valence-corrected chi connectivity index (χ2v) is 9.18. The van der Waals surface area contributed by atoms with E-state index in [4.69, 9.17) is 4.42 Å². The van der Waals surface area contributed by atoms with Gasteiger partial charge in [-0.2, -0.15) is 8.42 Å². The summed E-state index contributed by atoms with van der Waals surface area (Å²) in [7, 11) is -4.01. The SMILES string of the molecule is O=C(NCC(c1ccc(F)cc1)c1ncco1)C1=NS(=O)(=O)c2cc(I)ccc2N1. The Bertz CT molecular complexity index is 1230. The van der Waals surface area contributed by atoms with Crippen LogP contribution in [0.2, 0.25) is 0 Å². The standard InChI is InChI=1S/C19H14FIN4O4S/c20-12-3-1-11(2-4-12)14(19-22-7-8-29-19)10-23-18(26)17-24-15-6-5-13(21)9-16(15)30(27,28)25-17/h1-9,14H,10H2,(H,23,26)(H,24,25). The Labute approximate surface area is 184 Å². The van der Waals surface area contributed by atoms with Gasteiger partial charge in [-0.1, -0.05) is 12.1 Å². The van der Waals surface area contributed by atoms with E-state index in [2.05, 4.69) is 20.0 Å². The van der Waals surface area contributed by atoms with Gasteiger partial charge in [0.25, 0.3) is 15.9 Å². The second-order valence-electron chi connectivity index (χ2n) is 6.36. The predicted molar refractivity (Wildman–Crippen MR) is 115 cm³/mol. The van der Waals surface area contributed by atoms with E-state index in [1.807, 2.05) is 22.6 Å². The lowest BCUT2D eigenvalue weighted by Crippen LogP contribution is -2.40. The molecule has 0 spiro atoms. The van der Waals surface area contributed by atoms with Crippen molar-refractivity contribution in [3.63, 3.8) is 0 Å². The number of carbonyl (C=O) groups excluding carboxylic acids is 1. The molecule has 4 rings (SSSR count). The van der Waals surface area contributed by atoms with Crippen LogP contribution < -0.4 is 10.6 Å². The van der Waals surface area contributed by atoms with Crippen molar-refractivity contribution < 1.29 is 22.0 Å². The van der Waals surface area contributed by atoms with Crippen molar-refractivity contribution in [2.75, 3.05) is 11.9 Å². The molecule has 0 fully saturated rings. The van der Waals surface area contributed by atoms with Crippen LogP contribution in [0.25, 0.3) is 0 Å². The van der Waals surface area contributed by atoms with E-state index >= 15 is 0 Å². The van der Waals surface area contributed by atoms with Crippen molar-refractivity contribution in [3.05, 3.63) is 75.8 Å². The molecule has 154 valence electrons. The summed E-state index contributed by atoms with van der Waals surface area (Å²) >= 11 is 2.00. The Kier molecular flexibility index (Phi) is 5.56. The van der Waals surface area contributed by atoms with E-state index in [9.17, 15) is 17.6 Å². The first-order valence-corrected chi connectivity index (χ1v) is 11.2. The summed E-state index contributed by atoms with van der Waals surface area (Å²) in [6.07, 6.45) is 2.86. The molecule has 30 heavy (non-hydrogen) atoms. The van der Waals surface area contributed by atoms with Crippen molar-refractivity contribution >= 4 is 50.0 Å². The number of fused-ring (bicyclic) bond motifs is 1. The maximum atomic E-state index is 13.3. The van der Waals surface area contributed by atoms with E-state index < -0.39 is 27.7 Å². The van der Waals surface area contributed by atoms with Crippen LogP contribution in [0.15, 0.2) is 68.6 Å². The molecule has 1 unspecified atom stereocenters. The lowest BCUT2D eigenvalue weighted by atomic mass is 9.99. The fraction of sp³-hybridized carbons (Fsp3) is 0.105. The summed E-state index contributed by atoms with van der Waals surface area (Å²) in [5.74, 6) is -1.61. The molecule has 0 saturated heterocycles. The van der Waals surface area contributed by atoms with Crippen molar-refractivity contribution in [2.45, 2.75) is 10.8 Å². The predicted octanol–water partition coefficient (Wildman–Crippen LogP) is 2.88. The molecular weight excluding hydrogens is 526 g/mol. The Morgan fingerprint density at radius 1 is 1.23 bits per heavy atom. The average molecular weight is 540 g/mol. The summed E-state index contributed by atoms with van der Waals surface area (Å²) in [5.41, 5.74) is 0.948. The van der Waals surface area contributed by atoms with Crippen molar-refractivity contribution in [1.82, 2.24) is 10.3 Å². The minimum atomic E-state index is -4.01. The maximum Gasteiger partial charge on any atom is 0.287 e. The van der Waals surface area contributed by atoms with Gasteiger partial charge in [-0.05, 0) is 58.5 Å². The van der Waals surface area contributed by atoms with Crippen LogP contribution >= 0.6 is 22.6 Å². The molecule has 8 nitrogen and oxygen atoms in total. The van der Waals surface area contributed by atoms with Crippen molar-refractivity contribution in [1.29, 1.82) is 0 Å². The Morgan fingerprint density at radius 2 is 2.00 bits per heavy atom. The van der Waals surface area contributed by atoms with Gasteiger partial charge >= 0.3 is 0 Å². The zero-order valence-corrected chi connectivity index (χ0v) is 18.1. The number of carbonyl (C=O) groups is 1. The van der Waals surface area contributed by atoms with E-state index in [1.54, 1.807) is 24.3 Å². The van der Waals surface area contributed by atoms with Crippen LogP contribution in [0.5, 0.6) is 0 Å². The minimum absolute atomic E-state index is 0.00919. The molecule has 1 aromatic heterocycles. The number of nitrogens with one attached hydrogen (secondary N) is 2. The highest BCUT2D eigenvalue weighted by molar-refractivity contribution is 14.1. The average Bonchev–Trinajstić information content (AvgIpc) is 3.24. The number of sulfonamides is 1. The molecule has 2 N–H and O–H groups in total. The van der Waals surface area contributed by atoms with Gasteiger partial charge < -0.3 is 15.1 Å². The number of benzene rings is 2. The molecule has 2 heterocycles. The summed E-state index contributed by atoms with van der Waals surface area (Å²) in [6, 6.07) is 10.5. The smallest absolute Gasteiger partial charge is 0.287 e. The first kappa shape index (κ1) is 20.5. The first-order valence-electron chi connectivity index (χ1n) is 8.68. The van der Waals surface area contributed by atoms with Gasteiger partial charge in [-0.25, -0.2) is 9.37 Å². The largest absolute Gasteiger partial charge is 0.448 e. The monoisotopic (exact) mass is 540 g/mol. The van der Waals surface area contributed by atoms with Gasteiger partial charge in [0, 0.05) is 10.1 Å². The normalized spacial score (nSPS) is 15.5. The molecule has 0 aliphatic carbocycles. The highest BCUT2D eigenvalue weighted by Crippen LogP contribution is 2.29. The molecule has 0 bridgehead atoms. The Balaban J connectivity index is 1.55. The summed E-state index contributed by atoms with van der Waals surface area (Å²) < 4.78 is 47.8. The molecule has 1 aliphatic rings. The lowest BCUT2D eigenvalue weighted by Gasteiger charge is -2.19. The number of rotatable bonds is 5. The fourth-order valence-corrected chi connectivity index (χ4v) is 4.80. The van der Waals surface area contributed by atoms with Gasteiger partial charge in [-0.3, -0.25) is 4.79 Å². The van der Waals surface area contributed by atoms with Gasteiger partial charge in [0.15, 0.2) is 0 Å². The number of nitrogens with zero attached hydrogens (tertiary/aromatic N) is 2. The lowest BCUT2D eigenvalue weighted by molar-refractivity contribution is -0.114. The summed E-state index contributed by atoms with van der Waals surface area (Å²) in [5, 5.41) is 5.39. The molecule has 11 heteroatoms. The number of hydrogen-bond acceptors (Lipinski definition) is 6. The van der Waals surface area contributed by atoms with E-state index in [0.717, 1.165) is 3.57 Å². The summed E-state index contributed by atoms with van der Waals surface area (Å²) in [4.78, 5) is 16.8. The van der Waals surface area contributed by atoms with Crippen molar-refractivity contribution in [3.8, 4) is 0 Å². The van der Waals surface area contributed by atoms with Gasteiger partial charge in [0.2, 0.25) is 11.7 Å². The molecule has 0 saturated carbocycles. The first-order chi connectivity index (χ1) is 14.3. The van der Waals surface area contributed by atoms with Crippen LogP contribution in [-0.4, -0.2) is 31.7 Å². The highest BCUT2D eigenvalue weighted by Gasteiger charge is 2.29. The topological polar surface area (TPSA) is 114 Å². The van der Waals surface area contributed by atoms with E-state index in [-0.39, 0.29) is 23.0 Å². The molecular formula is C19H14FIN4O4S. The molecule has 1 amide bonds. The highest BCUT2D eigenvalue weighted by atomic mass is 127. The second kappa shape index (κ2) is 8.14. The quantitative estimate of drug-likeness (QED) is 0.482. The number of amidine groups is 1. The Hall–Kier alpha value is -2.80.